The molecule has 1 saturated heterocycles. The van der Waals surface area contributed by atoms with Gasteiger partial charge in [0.25, 0.3) is 0 Å². The van der Waals surface area contributed by atoms with Gasteiger partial charge in [-0.15, -0.1) is 0 Å². The van der Waals surface area contributed by atoms with Gasteiger partial charge in [-0.05, 0) is 19.3 Å². The Hall–Kier alpha value is -2.70. The molecule has 334 valence electrons. The molecule has 2 aromatic heterocycles. The number of hydrogen-bond acceptors (Lipinski definition) is 18. The summed E-state index contributed by atoms with van der Waals surface area (Å²) in [7, 11) is -16.4. The normalized spacial score (nSPS) is 21.3. The highest BCUT2D eigenvalue weighted by atomic mass is 32.2. The standard InChI is InChI=1S/C31H52N7O17P3S/c1-4-5-6-7-8-9-10-11-22(40)59-15-14-33-21(39)12-13-34-29(43)26(42)31(2,3)17-52-58(49,50)55-57(47,48)51-16-20-25(54-56(44,45)46)24(41)30(53-20)38-19-37-23-27(32)35-18-36-28(23)38/h7-8,18-20,24-26,30,41-42H,4-6,9-17H2,1-3H3,(H,33,39)(H,34,43)(H,47,48)(H,49,50)(H2,32,35,36)(H2,44,45,46)/b8-7+. The number of aliphatic hydroxyl groups excluding tert-OH is 2. The summed E-state index contributed by atoms with van der Waals surface area (Å²) in [6, 6.07) is 0. The molecule has 0 bridgehead atoms. The molecule has 1 aliphatic heterocycles. The number of imidazole rings is 1. The lowest BCUT2D eigenvalue weighted by Gasteiger charge is -2.30. The lowest BCUT2D eigenvalue weighted by atomic mass is 9.87. The van der Waals surface area contributed by atoms with Gasteiger partial charge in [0.1, 0.15) is 36.3 Å². The number of carbonyl (C=O) groups is 3. The second-order valence-electron chi connectivity index (χ2n) is 13.8. The Bertz CT molecular complexity index is 1900. The molecular formula is C31H52N7O17P3S. The molecule has 7 unspecified atom stereocenters. The summed E-state index contributed by atoms with van der Waals surface area (Å²) < 4.78 is 62.2. The lowest BCUT2D eigenvalue weighted by Crippen LogP contribution is -2.46. The number of ether oxygens (including phenoxy) is 1. The Morgan fingerprint density at radius 2 is 1.69 bits per heavy atom. The number of carbonyl (C=O) groups excluding carboxylic acids is 3. The van der Waals surface area contributed by atoms with E-state index >= 15 is 0 Å². The van der Waals surface area contributed by atoms with Gasteiger partial charge < -0.3 is 50.9 Å². The number of nitrogens with one attached hydrogen (secondary N) is 2. The molecule has 0 aromatic carbocycles. The quantitative estimate of drug-likeness (QED) is 0.0367. The Kier molecular flexibility index (Phi) is 19.7. The summed E-state index contributed by atoms with van der Waals surface area (Å²) in [5.74, 6) is -1.06. The van der Waals surface area contributed by atoms with Gasteiger partial charge in [0.15, 0.2) is 22.8 Å². The van der Waals surface area contributed by atoms with Gasteiger partial charge >= 0.3 is 23.5 Å². The van der Waals surface area contributed by atoms with E-state index in [1.54, 1.807) is 0 Å². The Labute approximate surface area is 343 Å². The van der Waals surface area contributed by atoms with E-state index in [1.807, 2.05) is 0 Å². The molecule has 1 fully saturated rings. The third-order valence-electron chi connectivity index (χ3n) is 8.41. The summed E-state index contributed by atoms with van der Waals surface area (Å²) in [6.07, 6.45) is 2.61. The smallest absolute Gasteiger partial charge is 0.386 e. The average Bonchev–Trinajstić information content (AvgIpc) is 3.71. The van der Waals surface area contributed by atoms with Gasteiger partial charge in [-0.3, -0.25) is 32.5 Å². The fourth-order valence-electron chi connectivity index (χ4n) is 5.29. The van der Waals surface area contributed by atoms with Crippen molar-refractivity contribution in [1.29, 1.82) is 0 Å². The van der Waals surface area contributed by atoms with Crippen molar-refractivity contribution in [3.05, 3.63) is 24.8 Å². The van der Waals surface area contributed by atoms with Crippen molar-refractivity contribution in [2.45, 2.75) is 96.4 Å². The van der Waals surface area contributed by atoms with Crippen LogP contribution >= 0.6 is 35.2 Å². The number of nitrogens with two attached hydrogens (primary N) is 1. The zero-order valence-corrected chi connectivity index (χ0v) is 36.0. The molecular weight excluding hydrogens is 867 g/mol. The highest BCUT2D eigenvalue weighted by Gasteiger charge is 2.50. The van der Waals surface area contributed by atoms with Gasteiger partial charge in [-0.25, -0.2) is 28.6 Å². The summed E-state index contributed by atoms with van der Waals surface area (Å²) in [5.41, 5.74) is 4.27. The molecule has 0 aliphatic carbocycles. The molecule has 0 spiro atoms. The topological polar surface area (TPSA) is 364 Å². The SMILES string of the molecule is CCCC/C=C/CCCC(=O)SCCNC(=O)CCNC(=O)C(O)C(C)(C)COP(=O)(O)OP(=O)(O)OCC1OC(n2cnc3c(N)ncnc32)C(O)C1OP(=O)(O)O. The number of allylic oxidation sites excluding steroid dienone is 2. The van der Waals surface area contributed by atoms with Crippen LogP contribution in [0.25, 0.3) is 11.2 Å². The van der Waals surface area contributed by atoms with E-state index in [2.05, 4.69) is 53.5 Å². The molecule has 59 heavy (non-hydrogen) atoms. The van der Waals surface area contributed by atoms with E-state index in [4.69, 9.17) is 19.5 Å². The Morgan fingerprint density at radius 1 is 1.02 bits per heavy atom. The predicted molar refractivity (Wildman–Crippen MR) is 210 cm³/mol. The second-order valence-corrected chi connectivity index (χ2v) is 19.2. The minimum atomic E-state index is -5.57. The summed E-state index contributed by atoms with van der Waals surface area (Å²) >= 11 is 1.12. The number of amides is 2. The van der Waals surface area contributed by atoms with E-state index in [0.717, 1.165) is 61.1 Å². The molecule has 1 aliphatic rings. The van der Waals surface area contributed by atoms with Crippen molar-refractivity contribution in [1.82, 2.24) is 30.2 Å². The number of phosphoric acid groups is 3. The number of rotatable bonds is 26. The first-order valence-corrected chi connectivity index (χ1v) is 23.8. The van der Waals surface area contributed by atoms with E-state index in [0.29, 0.717) is 12.2 Å². The zero-order chi connectivity index (χ0) is 44.0. The van der Waals surface area contributed by atoms with Crippen LogP contribution in [-0.2, 0) is 50.7 Å². The fraction of sp³-hybridized carbons (Fsp3) is 0.677. The van der Waals surface area contributed by atoms with Gasteiger partial charge in [-0.2, -0.15) is 4.31 Å². The van der Waals surface area contributed by atoms with E-state index in [9.17, 15) is 57.9 Å². The van der Waals surface area contributed by atoms with Crippen LogP contribution in [0.15, 0.2) is 24.8 Å². The number of fused-ring (bicyclic) bond motifs is 1. The molecule has 2 aromatic rings. The number of thioether (sulfide) groups is 1. The summed E-state index contributed by atoms with van der Waals surface area (Å²) in [4.78, 5) is 87.8. The van der Waals surface area contributed by atoms with Gasteiger partial charge in [0.2, 0.25) is 11.8 Å². The van der Waals surface area contributed by atoms with E-state index < -0.39 is 84.6 Å². The molecule has 0 saturated carbocycles. The fourth-order valence-corrected chi connectivity index (χ4v) is 8.84. The minimum absolute atomic E-state index is 0.0261. The van der Waals surface area contributed by atoms with Crippen molar-refractivity contribution >= 4 is 69.1 Å². The van der Waals surface area contributed by atoms with Crippen LogP contribution in [0.3, 0.4) is 0 Å². The van der Waals surface area contributed by atoms with Crippen molar-refractivity contribution in [3.63, 3.8) is 0 Å². The van der Waals surface area contributed by atoms with Crippen LogP contribution < -0.4 is 16.4 Å². The maximum Gasteiger partial charge on any atom is 0.481 e. The Morgan fingerprint density at radius 3 is 2.37 bits per heavy atom. The largest absolute Gasteiger partial charge is 0.481 e. The molecule has 0 radical (unpaired) electrons. The predicted octanol–water partition coefficient (Wildman–Crippen LogP) is 1.58. The van der Waals surface area contributed by atoms with Gasteiger partial charge in [0.05, 0.1) is 19.5 Å². The number of nitrogen functional groups attached to an aromatic ring is 1. The first-order valence-electron chi connectivity index (χ1n) is 18.3. The monoisotopic (exact) mass is 919 g/mol. The number of aromatic nitrogens is 4. The molecule has 24 nitrogen and oxygen atoms in total. The first-order chi connectivity index (χ1) is 27.6. The lowest BCUT2D eigenvalue weighted by molar-refractivity contribution is -0.137. The van der Waals surface area contributed by atoms with Crippen LogP contribution in [-0.4, -0.2) is 123 Å². The molecule has 2 amide bonds. The van der Waals surface area contributed by atoms with Crippen LogP contribution in [0, 0.1) is 5.41 Å². The van der Waals surface area contributed by atoms with Crippen LogP contribution in [0.5, 0.6) is 0 Å². The Balaban J connectivity index is 1.42. The molecule has 7 atom stereocenters. The highest BCUT2D eigenvalue weighted by Crippen LogP contribution is 2.61. The minimum Gasteiger partial charge on any atom is -0.386 e. The maximum absolute atomic E-state index is 12.7. The number of hydrogen-bond donors (Lipinski definition) is 9. The third-order valence-corrected chi connectivity index (χ3v) is 12.4. The average molecular weight is 920 g/mol. The van der Waals surface area contributed by atoms with Gasteiger partial charge in [-0.1, -0.05) is 57.5 Å². The first kappa shape index (κ1) is 50.7. The summed E-state index contributed by atoms with van der Waals surface area (Å²) in [6.45, 7) is 2.66. The molecule has 10 N–H and O–H groups in total. The van der Waals surface area contributed by atoms with Crippen molar-refractivity contribution < 1.29 is 80.5 Å². The van der Waals surface area contributed by atoms with Gasteiger partial charge in [0, 0.05) is 37.1 Å². The van der Waals surface area contributed by atoms with Crippen molar-refractivity contribution in [2.24, 2.45) is 5.41 Å². The molecule has 3 rings (SSSR count). The third kappa shape index (κ3) is 16.9. The molecule has 28 heteroatoms. The second kappa shape index (κ2) is 22.9. The maximum atomic E-state index is 12.7. The van der Waals surface area contributed by atoms with Crippen molar-refractivity contribution in [3.8, 4) is 0 Å². The highest BCUT2D eigenvalue weighted by molar-refractivity contribution is 8.13. The number of anilines is 1. The zero-order valence-electron chi connectivity index (χ0n) is 32.5. The number of phosphoric ester groups is 3. The van der Waals surface area contributed by atoms with Crippen LogP contribution in [0.1, 0.15) is 71.9 Å². The van der Waals surface area contributed by atoms with Crippen LogP contribution in [0.2, 0.25) is 0 Å². The summed E-state index contributed by atoms with van der Waals surface area (Å²) in [5, 5.41) is 26.5. The van der Waals surface area contributed by atoms with Crippen LogP contribution in [0.4, 0.5) is 5.82 Å². The number of nitrogens with zero attached hydrogens (tertiary/aromatic N) is 4. The number of aliphatic hydroxyl groups is 2. The van der Waals surface area contributed by atoms with E-state index in [-0.39, 0.29) is 41.6 Å². The number of unbranched alkanes of at least 4 members (excludes halogenated alkanes) is 3. The van der Waals surface area contributed by atoms with Crippen molar-refractivity contribution in [2.75, 3.05) is 37.8 Å². The molecule has 3 heterocycles. The van der Waals surface area contributed by atoms with E-state index in [1.165, 1.54) is 13.8 Å².